The van der Waals surface area contributed by atoms with Gasteiger partial charge in [-0.3, -0.25) is 0 Å². The molecule has 1 saturated heterocycles. The van der Waals surface area contributed by atoms with Crippen LogP contribution in [-0.4, -0.2) is 25.6 Å². The summed E-state index contributed by atoms with van der Waals surface area (Å²) in [5.41, 5.74) is 1.93. The Kier molecular flexibility index (Phi) is 7.45. The third kappa shape index (κ3) is 6.55. The monoisotopic (exact) mass is 367 g/mol. The quantitative estimate of drug-likeness (QED) is 0.739. The van der Waals surface area contributed by atoms with Crippen molar-refractivity contribution in [1.82, 2.24) is 5.32 Å². The van der Waals surface area contributed by atoms with E-state index in [1.54, 1.807) is 0 Å². The number of ether oxygens (including phenoxy) is 3. The minimum absolute atomic E-state index is 0.212. The zero-order chi connectivity index (χ0) is 18.7. The maximum Gasteiger partial charge on any atom is 0.408 e. The van der Waals surface area contributed by atoms with Gasteiger partial charge in [-0.2, -0.15) is 0 Å². The molecule has 0 spiro atoms. The summed E-state index contributed by atoms with van der Waals surface area (Å²) in [6.07, 6.45) is 4.83. The molecule has 1 fully saturated rings. The van der Waals surface area contributed by atoms with Gasteiger partial charge in [0.1, 0.15) is 6.61 Å². The van der Waals surface area contributed by atoms with Gasteiger partial charge in [-0.1, -0.05) is 72.8 Å². The molecule has 0 unspecified atom stereocenters. The Bertz CT molecular complexity index is 712. The van der Waals surface area contributed by atoms with Gasteiger partial charge in [0, 0.05) is 6.42 Å². The average molecular weight is 367 g/mol. The van der Waals surface area contributed by atoms with E-state index in [-0.39, 0.29) is 18.9 Å². The first-order valence-corrected chi connectivity index (χ1v) is 9.23. The Labute approximate surface area is 159 Å². The number of hydrogen-bond acceptors (Lipinski definition) is 4. The van der Waals surface area contributed by atoms with Crippen molar-refractivity contribution in [1.29, 1.82) is 0 Å². The highest BCUT2D eigenvalue weighted by Gasteiger charge is 2.15. The van der Waals surface area contributed by atoms with Crippen LogP contribution in [0.3, 0.4) is 0 Å². The first-order valence-electron chi connectivity index (χ1n) is 9.23. The van der Waals surface area contributed by atoms with Crippen LogP contribution in [0, 0.1) is 0 Å². The zero-order valence-corrected chi connectivity index (χ0v) is 15.3. The topological polar surface area (TPSA) is 56.8 Å². The SMILES string of the molecule is O=C(N[C@@H](/C=C\CC1OCCCO1)c1ccccc1)OCc1ccccc1. The summed E-state index contributed by atoms with van der Waals surface area (Å²) < 4.78 is 16.4. The van der Waals surface area contributed by atoms with Gasteiger partial charge >= 0.3 is 6.09 Å². The van der Waals surface area contributed by atoms with Crippen LogP contribution in [0.25, 0.3) is 0 Å². The van der Waals surface area contributed by atoms with E-state index < -0.39 is 6.09 Å². The lowest BCUT2D eigenvalue weighted by molar-refractivity contribution is -0.175. The Morgan fingerprint density at radius 1 is 1.07 bits per heavy atom. The highest BCUT2D eigenvalue weighted by atomic mass is 16.7. The van der Waals surface area contributed by atoms with Crippen LogP contribution >= 0.6 is 0 Å². The first kappa shape index (κ1) is 19.1. The fourth-order valence-corrected chi connectivity index (χ4v) is 2.79. The predicted molar refractivity (Wildman–Crippen MR) is 103 cm³/mol. The second-order valence-electron chi connectivity index (χ2n) is 6.28. The number of nitrogens with one attached hydrogen (secondary N) is 1. The molecule has 5 nitrogen and oxygen atoms in total. The molecule has 27 heavy (non-hydrogen) atoms. The summed E-state index contributed by atoms with van der Waals surface area (Å²) in [7, 11) is 0. The maximum absolute atomic E-state index is 12.2. The van der Waals surface area contributed by atoms with Crippen LogP contribution in [-0.2, 0) is 20.8 Å². The fourth-order valence-electron chi connectivity index (χ4n) is 2.79. The first-order chi connectivity index (χ1) is 13.3. The van der Waals surface area contributed by atoms with Crippen LogP contribution in [0.1, 0.15) is 30.0 Å². The van der Waals surface area contributed by atoms with Gasteiger partial charge in [0.05, 0.1) is 19.3 Å². The molecule has 1 amide bonds. The number of amides is 1. The van der Waals surface area contributed by atoms with E-state index >= 15 is 0 Å². The third-order valence-electron chi connectivity index (χ3n) is 4.20. The molecule has 142 valence electrons. The number of carbonyl (C=O) groups is 1. The molecule has 0 aromatic heterocycles. The summed E-state index contributed by atoms with van der Waals surface area (Å²) in [6.45, 7) is 1.69. The summed E-state index contributed by atoms with van der Waals surface area (Å²) in [6, 6.07) is 19.1. The molecular formula is C22H25NO4. The van der Waals surface area contributed by atoms with Crippen molar-refractivity contribution < 1.29 is 19.0 Å². The normalized spacial score (nSPS) is 16.1. The highest BCUT2D eigenvalue weighted by molar-refractivity contribution is 5.68. The van der Waals surface area contributed by atoms with Crippen molar-refractivity contribution in [2.75, 3.05) is 13.2 Å². The largest absolute Gasteiger partial charge is 0.445 e. The van der Waals surface area contributed by atoms with Gasteiger partial charge in [-0.25, -0.2) is 4.79 Å². The molecule has 1 N–H and O–H groups in total. The number of carbonyl (C=O) groups excluding carboxylic acids is 1. The molecule has 2 aromatic carbocycles. The molecule has 0 bridgehead atoms. The number of alkyl carbamates (subject to hydrolysis) is 1. The maximum atomic E-state index is 12.2. The molecule has 2 aromatic rings. The molecule has 1 aliphatic rings. The van der Waals surface area contributed by atoms with Crippen LogP contribution in [0.4, 0.5) is 4.79 Å². The minimum atomic E-state index is -0.456. The zero-order valence-electron chi connectivity index (χ0n) is 15.3. The van der Waals surface area contributed by atoms with Gasteiger partial charge in [0.15, 0.2) is 6.29 Å². The highest BCUT2D eigenvalue weighted by Crippen LogP contribution is 2.16. The summed E-state index contributed by atoms with van der Waals surface area (Å²) in [5, 5.41) is 2.91. The summed E-state index contributed by atoms with van der Waals surface area (Å²) >= 11 is 0. The molecular weight excluding hydrogens is 342 g/mol. The Morgan fingerprint density at radius 3 is 2.44 bits per heavy atom. The van der Waals surface area contributed by atoms with Gasteiger partial charge in [0.25, 0.3) is 0 Å². The van der Waals surface area contributed by atoms with Crippen molar-refractivity contribution in [3.8, 4) is 0 Å². The van der Waals surface area contributed by atoms with E-state index in [2.05, 4.69) is 5.32 Å². The molecule has 1 aliphatic heterocycles. The fraction of sp³-hybridized carbons (Fsp3) is 0.318. The van der Waals surface area contributed by atoms with Crippen LogP contribution in [0.2, 0.25) is 0 Å². The van der Waals surface area contributed by atoms with Crippen LogP contribution < -0.4 is 5.32 Å². The minimum Gasteiger partial charge on any atom is -0.445 e. The molecule has 3 rings (SSSR count). The van der Waals surface area contributed by atoms with Gasteiger partial charge < -0.3 is 19.5 Å². The van der Waals surface area contributed by atoms with Crippen molar-refractivity contribution in [3.63, 3.8) is 0 Å². The molecule has 0 saturated carbocycles. The molecule has 0 aliphatic carbocycles. The lowest BCUT2D eigenvalue weighted by atomic mass is 10.1. The van der Waals surface area contributed by atoms with Crippen molar-refractivity contribution in [2.45, 2.75) is 31.8 Å². The Hall–Kier alpha value is -2.63. The van der Waals surface area contributed by atoms with E-state index in [4.69, 9.17) is 14.2 Å². The summed E-state index contributed by atoms with van der Waals surface area (Å²) in [5.74, 6) is 0. The van der Waals surface area contributed by atoms with Crippen molar-refractivity contribution in [3.05, 3.63) is 83.9 Å². The Morgan fingerprint density at radius 2 is 1.74 bits per heavy atom. The number of benzene rings is 2. The second kappa shape index (κ2) is 10.5. The molecule has 1 atom stereocenters. The standard InChI is InChI=1S/C22H25NO4/c24-22(27-17-18-9-3-1-4-10-18)23-20(19-11-5-2-6-12-19)13-7-14-21-25-15-8-16-26-21/h1-7,9-13,20-21H,8,14-17H2,(H,23,24)/b13-7-/t20-/m0/s1. The molecule has 1 heterocycles. The van der Waals surface area contributed by atoms with Gasteiger partial charge in [0.2, 0.25) is 0 Å². The lowest BCUT2D eigenvalue weighted by Gasteiger charge is -2.22. The van der Waals surface area contributed by atoms with E-state index in [1.807, 2.05) is 72.8 Å². The second-order valence-corrected chi connectivity index (χ2v) is 6.28. The van der Waals surface area contributed by atoms with E-state index in [0.29, 0.717) is 6.42 Å². The number of rotatable bonds is 7. The third-order valence-corrected chi connectivity index (χ3v) is 4.20. The Balaban J connectivity index is 1.57. The van der Waals surface area contributed by atoms with Gasteiger partial charge in [-0.05, 0) is 17.5 Å². The van der Waals surface area contributed by atoms with Crippen LogP contribution in [0.15, 0.2) is 72.8 Å². The lowest BCUT2D eigenvalue weighted by Crippen LogP contribution is -2.28. The number of hydrogen-bond donors (Lipinski definition) is 1. The summed E-state index contributed by atoms with van der Waals surface area (Å²) in [4.78, 5) is 12.2. The van der Waals surface area contributed by atoms with Gasteiger partial charge in [-0.15, -0.1) is 0 Å². The van der Waals surface area contributed by atoms with E-state index in [0.717, 1.165) is 30.8 Å². The van der Waals surface area contributed by atoms with Crippen molar-refractivity contribution in [2.24, 2.45) is 0 Å². The predicted octanol–water partition coefficient (Wildman–Crippen LogP) is 4.36. The average Bonchev–Trinajstić information content (AvgIpc) is 2.74. The van der Waals surface area contributed by atoms with E-state index in [1.165, 1.54) is 0 Å². The smallest absolute Gasteiger partial charge is 0.408 e. The van der Waals surface area contributed by atoms with E-state index in [9.17, 15) is 4.79 Å². The molecule has 0 radical (unpaired) electrons. The molecule has 5 heteroatoms. The van der Waals surface area contributed by atoms with Crippen LogP contribution in [0.5, 0.6) is 0 Å². The van der Waals surface area contributed by atoms with Crippen molar-refractivity contribution >= 4 is 6.09 Å².